The average molecular weight is 264 g/mol. The number of hydrogen-bond donors (Lipinski definition) is 1. The molecule has 1 aromatic rings. The first-order valence-corrected chi connectivity index (χ1v) is 7.02. The summed E-state index contributed by atoms with van der Waals surface area (Å²) in [6, 6.07) is 4.09. The molecule has 0 aliphatic heterocycles. The Morgan fingerprint density at radius 1 is 1.42 bits per heavy atom. The number of pyridine rings is 1. The molecule has 0 saturated heterocycles. The van der Waals surface area contributed by atoms with Gasteiger partial charge in [-0.1, -0.05) is 19.9 Å². The van der Waals surface area contributed by atoms with E-state index >= 15 is 0 Å². The molecule has 0 fully saturated rings. The quantitative estimate of drug-likeness (QED) is 0.781. The summed E-state index contributed by atoms with van der Waals surface area (Å²) in [6.07, 6.45) is 6.55. The van der Waals surface area contributed by atoms with Crippen molar-refractivity contribution in [2.75, 3.05) is 13.2 Å². The minimum atomic E-state index is 0.0229. The molecule has 1 aromatic heterocycles. The van der Waals surface area contributed by atoms with E-state index in [1.54, 1.807) is 12.4 Å². The van der Waals surface area contributed by atoms with Crippen LogP contribution < -0.4 is 0 Å². The maximum Gasteiger partial charge on any atom is 0.223 e. The second-order valence-electron chi connectivity index (χ2n) is 4.64. The fraction of sp³-hybridized carbons (Fsp3) is 0.600. The topological polar surface area (TPSA) is 53.4 Å². The van der Waals surface area contributed by atoms with Crippen molar-refractivity contribution in [3.05, 3.63) is 30.1 Å². The van der Waals surface area contributed by atoms with E-state index in [9.17, 15) is 4.79 Å². The zero-order valence-electron chi connectivity index (χ0n) is 11.9. The van der Waals surface area contributed by atoms with Gasteiger partial charge in [0.15, 0.2) is 0 Å². The lowest BCUT2D eigenvalue weighted by atomic mass is 10.1. The van der Waals surface area contributed by atoms with E-state index in [0.29, 0.717) is 19.4 Å². The van der Waals surface area contributed by atoms with Crippen molar-refractivity contribution in [1.29, 1.82) is 0 Å². The Bertz CT molecular complexity index is 364. The van der Waals surface area contributed by atoms with Gasteiger partial charge in [0.2, 0.25) is 5.91 Å². The third-order valence-corrected chi connectivity index (χ3v) is 3.39. The van der Waals surface area contributed by atoms with Crippen molar-refractivity contribution in [1.82, 2.24) is 9.88 Å². The van der Waals surface area contributed by atoms with Gasteiger partial charge in [-0.25, -0.2) is 0 Å². The number of aromatic nitrogens is 1. The predicted octanol–water partition coefficient (Wildman–Crippen LogP) is 2.02. The fourth-order valence-electron chi connectivity index (χ4n) is 2.29. The van der Waals surface area contributed by atoms with Gasteiger partial charge in [-0.15, -0.1) is 0 Å². The third-order valence-electron chi connectivity index (χ3n) is 3.39. The van der Waals surface area contributed by atoms with Crippen LogP contribution in [0, 0.1) is 0 Å². The summed E-state index contributed by atoms with van der Waals surface area (Å²) in [5.74, 6) is 0.117. The fourth-order valence-corrected chi connectivity index (χ4v) is 2.29. The zero-order chi connectivity index (χ0) is 14.1. The SMILES string of the molecule is CCC(CC)N(CCO)C(=O)CCc1cccnc1. The summed E-state index contributed by atoms with van der Waals surface area (Å²) >= 11 is 0. The molecular formula is C15H24N2O2. The van der Waals surface area contributed by atoms with Gasteiger partial charge in [-0.2, -0.15) is 0 Å². The minimum Gasteiger partial charge on any atom is -0.395 e. The van der Waals surface area contributed by atoms with Gasteiger partial charge < -0.3 is 10.0 Å². The summed E-state index contributed by atoms with van der Waals surface area (Å²) in [4.78, 5) is 18.1. The van der Waals surface area contributed by atoms with Crippen molar-refractivity contribution in [3.8, 4) is 0 Å². The molecule has 0 atom stereocenters. The lowest BCUT2D eigenvalue weighted by Crippen LogP contribution is -2.41. The number of carbonyl (C=O) groups excluding carboxylic acids is 1. The van der Waals surface area contributed by atoms with Gasteiger partial charge in [0, 0.05) is 31.4 Å². The number of carbonyl (C=O) groups is 1. The Labute approximate surface area is 115 Å². The molecule has 4 nitrogen and oxygen atoms in total. The Kier molecular flexibility index (Phi) is 7.11. The van der Waals surface area contributed by atoms with E-state index < -0.39 is 0 Å². The summed E-state index contributed by atoms with van der Waals surface area (Å²) < 4.78 is 0. The summed E-state index contributed by atoms with van der Waals surface area (Å²) in [7, 11) is 0. The molecule has 0 aromatic carbocycles. The molecule has 106 valence electrons. The number of aliphatic hydroxyl groups is 1. The van der Waals surface area contributed by atoms with Gasteiger partial charge in [-0.05, 0) is 30.9 Å². The van der Waals surface area contributed by atoms with Crippen LogP contribution in [0.3, 0.4) is 0 Å². The molecule has 0 radical (unpaired) electrons. The lowest BCUT2D eigenvalue weighted by molar-refractivity contribution is -0.134. The van der Waals surface area contributed by atoms with Crippen LogP contribution in [-0.2, 0) is 11.2 Å². The molecule has 1 heterocycles. The van der Waals surface area contributed by atoms with Crippen molar-refractivity contribution in [2.24, 2.45) is 0 Å². The van der Waals surface area contributed by atoms with Crippen LogP contribution in [0.25, 0.3) is 0 Å². The van der Waals surface area contributed by atoms with Gasteiger partial charge in [0.25, 0.3) is 0 Å². The first-order valence-electron chi connectivity index (χ1n) is 7.02. The molecule has 0 saturated carbocycles. The van der Waals surface area contributed by atoms with Crippen LogP contribution in [0.2, 0.25) is 0 Å². The molecule has 1 rings (SSSR count). The molecule has 4 heteroatoms. The largest absolute Gasteiger partial charge is 0.395 e. The second kappa shape index (κ2) is 8.64. The van der Waals surface area contributed by atoms with Crippen LogP contribution in [0.5, 0.6) is 0 Å². The number of aryl methyl sites for hydroxylation is 1. The first kappa shape index (κ1) is 15.6. The molecule has 0 aliphatic rings. The van der Waals surface area contributed by atoms with Gasteiger partial charge >= 0.3 is 0 Å². The Morgan fingerprint density at radius 2 is 2.16 bits per heavy atom. The van der Waals surface area contributed by atoms with Crippen LogP contribution in [0.1, 0.15) is 38.7 Å². The number of hydrogen-bond acceptors (Lipinski definition) is 3. The van der Waals surface area contributed by atoms with E-state index in [0.717, 1.165) is 18.4 Å². The molecule has 0 spiro atoms. The average Bonchev–Trinajstić information content (AvgIpc) is 2.46. The van der Waals surface area contributed by atoms with Crippen LogP contribution in [-0.4, -0.2) is 40.1 Å². The highest BCUT2D eigenvalue weighted by molar-refractivity contribution is 5.76. The monoisotopic (exact) mass is 264 g/mol. The van der Waals surface area contributed by atoms with Gasteiger partial charge in [-0.3, -0.25) is 9.78 Å². The molecule has 19 heavy (non-hydrogen) atoms. The van der Waals surface area contributed by atoms with Crippen LogP contribution >= 0.6 is 0 Å². The van der Waals surface area contributed by atoms with Crippen molar-refractivity contribution in [3.63, 3.8) is 0 Å². The zero-order valence-corrected chi connectivity index (χ0v) is 11.9. The van der Waals surface area contributed by atoms with Gasteiger partial charge in [0.05, 0.1) is 6.61 Å². The van der Waals surface area contributed by atoms with Crippen molar-refractivity contribution >= 4 is 5.91 Å². The first-order chi connectivity index (χ1) is 9.22. The summed E-state index contributed by atoms with van der Waals surface area (Å²) in [6.45, 7) is 4.60. The highest BCUT2D eigenvalue weighted by Gasteiger charge is 2.20. The van der Waals surface area contributed by atoms with E-state index in [4.69, 9.17) is 5.11 Å². The maximum absolute atomic E-state index is 12.3. The predicted molar refractivity (Wildman–Crippen MR) is 75.7 cm³/mol. The van der Waals surface area contributed by atoms with Crippen molar-refractivity contribution in [2.45, 2.75) is 45.6 Å². The van der Waals surface area contributed by atoms with E-state index in [2.05, 4.69) is 18.8 Å². The second-order valence-corrected chi connectivity index (χ2v) is 4.64. The standard InChI is InChI=1S/C15H24N2O2/c1-3-14(4-2)17(10-11-18)15(19)8-7-13-6-5-9-16-12-13/h5-6,9,12,14,18H,3-4,7-8,10-11H2,1-2H3. The molecule has 0 bridgehead atoms. The molecule has 1 N–H and O–H groups in total. The van der Waals surface area contributed by atoms with Crippen LogP contribution in [0.4, 0.5) is 0 Å². The van der Waals surface area contributed by atoms with Crippen LogP contribution in [0.15, 0.2) is 24.5 Å². The lowest BCUT2D eigenvalue weighted by Gasteiger charge is -2.30. The number of nitrogens with zero attached hydrogens (tertiary/aromatic N) is 2. The number of amides is 1. The molecule has 0 unspecified atom stereocenters. The normalized spacial score (nSPS) is 10.7. The van der Waals surface area contributed by atoms with Crippen molar-refractivity contribution < 1.29 is 9.90 Å². The Hall–Kier alpha value is -1.42. The molecular weight excluding hydrogens is 240 g/mol. The van der Waals surface area contributed by atoms with E-state index in [1.165, 1.54) is 0 Å². The summed E-state index contributed by atoms with van der Waals surface area (Å²) in [5.41, 5.74) is 1.07. The smallest absolute Gasteiger partial charge is 0.223 e. The summed E-state index contributed by atoms with van der Waals surface area (Å²) in [5, 5.41) is 9.11. The molecule has 1 amide bonds. The third kappa shape index (κ3) is 4.99. The highest BCUT2D eigenvalue weighted by atomic mass is 16.3. The number of aliphatic hydroxyl groups excluding tert-OH is 1. The Morgan fingerprint density at radius 3 is 2.68 bits per heavy atom. The van der Waals surface area contributed by atoms with E-state index in [1.807, 2.05) is 17.0 Å². The van der Waals surface area contributed by atoms with E-state index in [-0.39, 0.29) is 18.6 Å². The minimum absolute atomic E-state index is 0.0229. The molecule has 0 aliphatic carbocycles. The Balaban J connectivity index is 2.57. The van der Waals surface area contributed by atoms with Gasteiger partial charge in [0.1, 0.15) is 0 Å². The highest BCUT2D eigenvalue weighted by Crippen LogP contribution is 2.11. The maximum atomic E-state index is 12.3. The number of rotatable bonds is 8.